The minimum absolute atomic E-state index is 0.0585. The molecule has 8 heteroatoms. The highest BCUT2D eigenvalue weighted by atomic mass is 32.3. The Morgan fingerprint density at radius 3 is 2.43 bits per heavy atom. The van der Waals surface area contributed by atoms with Gasteiger partial charge in [-0.05, 0) is 22.5 Å². The van der Waals surface area contributed by atoms with Crippen molar-refractivity contribution in [2.24, 2.45) is 0 Å². The number of nitrogens with two attached hydrogens (primary N) is 2. The summed E-state index contributed by atoms with van der Waals surface area (Å²) < 4.78 is 32.1. The van der Waals surface area contributed by atoms with Crippen molar-refractivity contribution >= 4 is 21.8 Å². The third-order valence-corrected chi connectivity index (χ3v) is 1.48. The predicted molar refractivity (Wildman–Crippen MR) is 48.5 cm³/mol. The first-order chi connectivity index (χ1) is 6.38. The van der Waals surface area contributed by atoms with Gasteiger partial charge in [-0.2, -0.15) is 8.42 Å². The van der Waals surface area contributed by atoms with Crippen LogP contribution in [-0.2, 0) is 14.7 Å². The fraction of sp³-hybridized carbons (Fsp3) is 0. The summed E-state index contributed by atoms with van der Waals surface area (Å²) in [5.74, 6) is -0.0585. The van der Waals surface area contributed by atoms with E-state index in [2.05, 4.69) is 9.22 Å². The van der Waals surface area contributed by atoms with Gasteiger partial charge in [-0.1, -0.05) is 0 Å². The van der Waals surface area contributed by atoms with E-state index in [9.17, 15) is 8.42 Å². The molecule has 0 radical (unpaired) electrons. The number of rotatable bonds is 3. The Morgan fingerprint density at radius 1 is 1.29 bits per heavy atom. The molecule has 0 aliphatic heterocycles. The monoisotopic (exact) mass is 220 g/mol. The predicted octanol–water partition coefficient (Wildman–Crippen LogP) is -0.0358. The Hall–Kier alpha value is -1.51. The zero-order valence-corrected chi connectivity index (χ0v) is 7.69. The zero-order valence-electron chi connectivity index (χ0n) is 6.88. The maximum absolute atomic E-state index is 10.1. The van der Waals surface area contributed by atoms with Crippen LogP contribution in [0.25, 0.3) is 0 Å². The molecular weight excluding hydrogens is 212 g/mol. The van der Waals surface area contributed by atoms with Crippen LogP contribution in [0.15, 0.2) is 18.2 Å². The van der Waals surface area contributed by atoms with Gasteiger partial charge in [0.05, 0.1) is 5.69 Å². The molecule has 7 nitrogen and oxygen atoms in total. The Morgan fingerprint density at radius 2 is 1.93 bits per heavy atom. The van der Waals surface area contributed by atoms with Crippen molar-refractivity contribution < 1.29 is 22.2 Å². The lowest BCUT2D eigenvalue weighted by atomic mass is 10.3. The Labute approximate surface area is 80.1 Å². The van der Waals surface area contributed by atoms with Crippen LogP contribution in [0.4, 0.5) is 11.4 Å². The van der Waals surface area contributed by atoms with Crippen LogP contribution in [0.1, 0.15) is 0 Å². The molecule has 0 aromatic heterocycles. The van der Waals surface area contributed by atoms with Crippen molar-refractivity contribution in [2.45, 2.75) is 0 Å². The molecule has 0 amide bonds. The normalized spacial score (nSPS) is 11.2. The first-order valence-corrected chi connectivity index (χ1v) is 4.73. The number of anilines is 2. The minimum atomic E-state index is -4.66. The van der Waals surface area contributed by atoms with E-state index in [0.29, 0.717) is 5.69 Å². The van der Waals surface area contributed by atoms with E-state index in [-0.39, 0.29) is 11.4 Å². The third kappa shape index (κ3) is 3.09. The maximum atomic E-state index is 10.1. The SMILES string of the molecule is Nc1ccc(OOS(=O)(=O)O)c(N)c1. The number of hydrogen-bond donors (Lipinski definition) is 3. The summed E-state index contributed by atoms with van der Waals surface area (Å²) in [7, 11) is -4.66. The molecule has 0 bridgehead atoms. The first kappa shape index (κ1) is 10.6. The van der Waals surface area contributed by atoms with Crippen LogP contribution < -0.4 is 16.4 Å². The van der Waals surface area contributed by atoms with E-state index in [1.165, 1.54) is 18.2 Å². The molecule has 0 unspecified atom stereocenters. The van der Waals surface area contributed by atoms with Gasteiger partial charge in [-0.3, -0.25) is 4.55 Å². The van der Waals surface area contributed by atoms with Crippen molar-refractivity contribution in [3.8, 4) is 5.75 Å². The van der Waals surface area contributed by atoms with Gasteiger partial charge in [0, 0.05) is 5.69 Å². The highest BCUT2D eigenvalue weighted by molar-refractivity contribution is 7.80. The van der Waals surface area contributed by atoms with Crippen molar-refractivity contribution in [1.29, 1.82) is 0 Å². The van der Waals surface area contributed by atoms with Gasteiger partial charge in [0.15, 0.2) is 5.75 Å². The van der Waals surface area contributed by atoms with E-state index < -0.39 is 10.4 Å². The molecule has 1 rings (SSSR count). The standard InChI is InChI=1S/C6H8N2O5S/c7-4-1-2-6(5(8)3-4)12-13-14(9,10)11/h1-3H,7-8H2,(H,9,10,11). The van der Waals surface area contributed by atoms with Crippen LogP contribution in [-0.4, -0.2) is 13.0 Å². The van der Waals surface area contributed by atoms with Gasteiger partial charge in [0.2, 0.25) is 0 Å². The molecule has 0 saturated heterocycles. The van der Waals surface area contributed by atoms with Crippen molar-refractivity contribution in [3.05, 3.63) is 18.2 Å². The van der Waals surface area contributed by atoms with Crippen LogP contribution in [0.2, 0.25) is 0 Å². The molecule has 0 heterocycles. The van der Waals surface area contributed by atoms with Crippen LogP contribution in [0, 0.1) is 0 Å². The molecule has 1 aromatic rings. The van der Waals surface area contributed by atoms with E-state index >= 15 is 0 Å². The van der Waals surface area contributed by atoms with Gasteiger partial charge >= 0.3 is 10.4 Å². The van der Waals surface area contributed by atoms with E-state index in [1.54, 1.807) is 0 Å². The Balaban J connectivity index is 2.78. The second-order valence-corrected chi connectivity index (χ2v) is 3.37. The maximum Gasteiger partial charge on any atom is 0.432 e. The van der Waals surface area contributed by atoms with Crippen LogP contribution in [0.3, 0.4) is 0 Å². The van der Waals surface area contributed by atoms with Crippen LogP contribution >= 0.6 is 0 Å². The van der Waals surface area contributed by atoms with E-state index in [0.717, 1.165) is 0 Å². The minimum Gasteiger partial charge on any atom is -0.399 e. The summed E-state index contributed by atoms with van der Waals surface area (Å²) in [6.45, 7) is 0. The average molecular weight is 220 g/mol. The van der Waals surface area contributed by atoms with Gasteiger partial charge in [0.1, 0.15) is 0 Å². The van der Waals surface area contributed by atoms with E-state index in [1.807, 2.05) is 0 Å². The molecule has 5 N–H and O–H groups in total. The first-order valence-electron chi connectivity index (χ1n) is 3.37. The smallest absolute Gasteiger partial charge is 0.399 e. The fourth-order valence-electron chi connectivity index (χ4n) is 0.722. The van der Waals surface area contributed by atoms with Crippen molar-refractivity contribution in [3.63, 3.8) is 0 Å². The van der Waals surface area contributed by atoms with Crippen LogP contribution in [0.5, 0.6) is 5.75 Å². The molecule has 0 aliphatic rings. The molecule has 78 valence electrons. The summed E-state index contributed by atoms with van der Waals surface area (Å²) in [6, 6.07) is 4.08. The number of nitrogen functional groups attached to an aromatic ring is 2. The lowest BCUT2D eigenvalue weighted by molar-refractivity contribution is -0.101. The molecule has 0 fully saturated rings. The molecule has 14 heavy (non-hydrogen) atoms. The van der Waals surface area contributed by atoms with Gasteiger partial charge in [0.25, 0.3) is 0 Å². The number of hydrogen-bond acceptors (Lipinski definition) is 6. The molecular formula is C6H8N2O5S. The highest BCUT2D eigenvalue weighted by Gasteiger charge is 2.09. The lowest BCUT2D eigenvalue weighted by Crippen LogP contribution is -2.08. The summed E-state index contributed by atoms with van der Waals surface area (Å²) in [6.07, 6.45) is 0. The Kier molecular flexibility index (Phi) is 2.79. The summed E-state index contributed by atoms with van der Waals surface area (Å²) in [4.78, 5) is 4.24. The second kappa shape index (κ2) is 3.70. The van der Waals surface area contributed by atoms with Crippen molar-refractivity contribution in [2.75, 3.05) is 11.5 Å². The third-order valence-electron chi connectivity index (χ3n) is 1.24. The van der Waals surface area contributed by atoms with E-state index in [4.69, 9.17) is 16.0 Å². The summed E-state index contributed by atoms with van der Waals surface area (Å²) in [5, 5.41) is 0. The average Bonchev–Trinajstić information content (AvgIpc) is 2.00. The lowest BCUT2D eigenvalue weighted by Gasteiger charge is -2.04. The van der Waals surface area contributed by atoms with Crippen molar-refractivity contribution in [1.82, 2.24) is 0 Å². The number of benzene rings is 1. The summed E-state index contributed by atoms with van der Waals surface area (Å²) >= 11 is 0. The van der Waals surface area contributed by atoms with Gasteiger partial charge in [-0.15, -0.1) is 0 Å². The second-order valence-electron chi connectivity index (χ2n) is 2.38. The molecule has 1 aromatic carbocycles. The largest absolute Gasteiger partial charge is 0.432 e. The Bertz CT molecular complexity index is 430. The molecule has 0 aliphatic carbocycles. The molecule has 0 spiro atoms. The topological polar surface area (TPSA) is 125 Å². The molecule has 0 saturated carbocycles. The van der Waals surface area contributed by atoms with Gasteiger partial charge in [-0.25, -0.2) is 0 Å². The summed E-state index contributed by atoms with van der Waals surface area (Å²) in [5.41, 5.74) is 11.2. The quantitative estimate of drug-likeness (QED) is 0.282. The molecule has 0 atom stereocenters. The fourth-order valence-corrected chi connectivity index (χ4v) is 0.882. The highest BCUT2D eigenvalue weighted by Crippen LogP contribution is 2.23. The zero-order chi connectivity index (χ0) is 10.8. The van der Waals surface area contributed by atoms with Gasteiger partial charge < -0.3 is 16.4 Å².